The second kappa shape index (κ2) is 5.65. The Bertz CT molecular complexity index is 356. The zero-order valence-electron chi connectivity index (χ0n) is 11.1. The van der Waals surface area contributed by atoms with Gasteiger partial charge in [0.1, 0.15) is 0 Å². The quantitative estimate of drug-likeness (QED) is 0.704. The van der Waals surface area contributed by atoms with E-state index >= 15 is 0 Å². The van der Waals surface area contributed by atoms with Crippen LogP contribution in [-0.2, 0) is 6.42 Å². The molecule has 2 rings (SSSR count). The van der Waals surface area contributed by atoms with Crippen LogP contribution in [0.1, 0.15) is 24.0 Å². The molecule has 0 aliphatic heterocycles. The van der Waals surface area contributed by atoms with E-state index < -0.39 is 0 Å². The van der Waals surface area contributed by atoms with Gasteiger partial charge in [0.2, 0.25) is 0 Å². The van der Waals surface area contributed by atoms with Crippen LogP contribution in [0.2, 0.25) is 0 Å². The summed E-state index contributed by atoms with van der Waals surface area (Å²) in [4.78, 5) is 0. The molecule has 0 spiro atoms. The van der Waals surface area contributed by atoms with Gasteiger partial charge in [0.15, 0.2) is 0 Å². The van der Waals surface area contributed by atoms with Crippen LogP contribution in [0.15, 0.2) is 24.3 Å². The molecule has 2 nitrogen and oxygen atoms in total. The molecule has 1 aliphatic rings. The van der Waals surface area contributed by atoms with Gasteiger partial charge < -0.3 is 10.6 Å². The van der Waals surface area contributed by atoms with E-state index in [-0.39, 0.29) is 0 Å². The third-order valence-corrected chi connectivity index (χ3v) is 3.84. The Kier molecular flexibility index (Phi) is 4.19. The van der Waals surface area contributed by atoms with Crippen LogP contribution in [0.4, 0.5) is 0 Å². The van der Waals surface area contributed by atoms with Gasteiger partial charge in [-0.1, -0.05) is 24.3 Å². The van der Waals surface area contributed by atoms with Crippen molar-refractivity contribution in [1.82, 2.24) is 10.6 Å². The van der Waals surface area contributed by atoms with Gasteiger partial charge >= 0.3 is 0 Å². The van der Waals surface area contributed by atoms with E-state index in [4.69, 9.17) is 0 Å². The highest BCUT2D eigenvalue weighted by molar-refractivity contribution is 5.25. The summed E-state index contributed by atoms with van der Waals surface area (Å²) in [6, 6.07) is 8.67. The summed E-state index contributed by atoms with van der Waals surface area (Å²) in [6.45, 7) is 5.61. The van der Waals surface area contributed by atoms with Gasteiger partial charge in [-0.2, -0.15) is 0 Å². The maximum atomic E-state index is 3.61. The zero-order chi connectivity index (χ0) is 12.1. The van der Waals surface area contributed by atoms with Gasteiger partial charge in [-0.3, -0.25) is 0 Å². The van der Waals surface area contributed by atoms with Crippen LogP contribution in [0.5, 0.6) is 0 Å². The predicted octanol–water partition coefficient (Wildman–Crippen LogP) is 2.13. The maximum Gasteiger partial charge on any atom is 0.00201 e. The summed E-state index contributed by atoms with van der Waals surface area (Å²) in [7, 11) is 2.05. The van der Waals surface area contributed by atoms with E-state index in [9.17, 15) is 0 Å². The number of nitrogens with one attached hydrogen (secondary N) is 2. The Morgan fingerprint density at radius 2 is 1.94 bits per heavy atom. The third-order valence-electron chi connectivity index (χ3n) is 3.84. The average molecular weight is 232 g/mol. The fourth-order valence-electron chi connectivity index (χ4n) is 2.44. The van der Waals surface area contributed by atoms with E-state index in [1.54, 1.807) is 0 Å². The molecule has 0 saturated heterocycles. The first-order valence-corrected chi connectivity index (χ1v) is 6.66. The van der Waals surface area contributed by atoms with Crippen molar-refractivity contribution in [2.75, 3.05) is 26.7 Å². The Morgan fingerprint density at radius 3 is 2.59 bits per heavy atom. The smallest absolute Gasteiger partial charge is 0.00201 e. The Labute approximate surface area is 105 Å². The summed E-state index contributed by atoms with van der Waals surface area (Å²) in [5, 5.41) is 6.91. The highest BCUT2D eigenvalue weighted by atomic mass is 14.9. The van der Waals surface area contributed by atoms with Crippen molar-refractivity contribution in [3.8, 4) is 0 Å². The van der Waals surface area contributed by atoms with Crippen molar-refractivity contribution < 1.29 is 0 Å². The van der Waals surface area contributed by atoms with Crippen molar-refractivity contribution in [2.24, 2.45) is 5.41 Å². The summed E-state index contributed by atoms with van der Waals surface area (Å²) in [6.07, 6.45) is 3.90. The number of benzene rings is 1. The summed E-state index contributed by atoms with van der Waals surface area (Å²) in [5.41, 5.74) is 3.45. The van der Waals surface area contributed by atoms with E-state index in [1.807, 2.05) is 7.05 Å². The molecule has 0 bridgehead atoms. The molecule has 1 fully saturated rings. The second-order valence-corrected chi connectivity index (χ2v) is 5.38. The number of aryl methyl sites for hydroxylation is 1. The van der Waals surface area contributed by atoms with Crippen LogP contribution >= 0.6 is 0 Å². The predicted molar refractivity (Wildman–Crippen MR) is 73.3 cm³/mol. The van der Waals surface area contributed by atoms with Crippen molar-refractivity contribution in [3.05, 3.63) is 35.4 Å². The molecule has 0 unspecified atom stereocenters. The Morgan fingerprint density at radius 1 is 1.18 bits per heavy atom. The number of rotatable bonds is 7. The van der Waals surface area contributed by atoms with Crippen LogP contribution < -0.4 is 10.6 Å². The normalized spacial score (nSPS) is 17.1. The Balaban J connectivity index is 1.68. The van der Waals surface area contributed by atoms with Crippen molar-refractivity contribution in [2.45, 2.75) is 26.2 Å². The van der Waals surface area contributed by atoms with Gasteiger partial charge in [0.05, 0.1) is 0 Å². The van der Waals surface area contributed by atoms with Gasteiger partial charge in [-0.15, -0.1) is 0 Å². The summed E-state index contributed by atoms with van der Waals surface area (Å²) in [5.74, 6) is 0. The van der Waals surface area contributed by atoms with E-state index in [2.05, 4.69) is 41.8 Å². The highest BCUT2D eigenvalue weighted by Crippen LogP contribution is 2.44. The average Bonchev–Trinajstić information content (AvgIpc) is 3.08. The fraction of sp³-hybridized carbons (Fsp3) is 0.600. The minimum absolute atomic E-state index is 0.570. The standard InChI is InChI=1S/C15H24N2/c1-13-5-3-4-6-14(13)7-10-17-12-15(8-9-15)11-16-2/h3-6,16-17H,7-12H2,1-2H3. The van der Waals surface area contributed by atoms with Gasteiger partial charge in [-0.25, -0.2) is 0 Å². The van der Waals surface area contributed by atoms with Crippen molar-refractivity contribution in [1.29, 1.82) is 0 Å². The molecular formula is C15H24N2. The molecule has 1 aliphatic carbocycles. The largest absolute Gasteiger partial charge is 0.319 e. The second-order valence-electron chi connectivity index (χ2n) is 5.38. The third kappa shape index (κ3) is 3.55. The summed E-state index contributed by atoms with van der Waals surface area (Å²) >= 11 is 0. The molecule has 2 heteroatoms. The fourth-order valence-corrected chi connectivity index (χ4v) is 2.44. The van der Waals surface area contributed by atoms with Crippen molar-refractivity contribution in [3.63, 3.8) is 0 Å². The van der Waals surface area contributed by atoms with Crippen molar-refractivity contribution >= 4 is 0 Å². The molecule has 2 N–H and O–H groups in total. The maximum absolute atomic E-state index is 3.61. The monoisotopic (exact) mass is 232 g/mol. The van der Waals surface area contributed by atoms with E-state index in [0.29, 0.717) is 5.41 Å². The van der Waals surface area contributed by atoms with Crippen LogP contribution in [0.3, 0.4) is 0 Å². The molecule has 17 heavy (non-hydrogen) atoms. The molecule has 0 heterocycles. The molecule has 0 amide bonds. The minimum Gasteiger partial charge on any atom is -0.319 e. The van der Waals surface area contributed by atoms with Crippen LogP contribution in [0.25, 0.3) is 0 Å². The lowest BCUT2D eigenvalue weighted by molar-refractivity contribution is 0.441. The number of hydrogen-bond donors (Lipinski definition) is 2. The minimum atomic E-state index is 0.570. The Hall–Kier alpha value is -0.860. The molecular weight excluding hydrogens is 208 g/mol. The first-order valence-electron chi connectivity index (χ1n) is 6.66. The van der Waals surface area contributed by atoms with Gasteiger partial charge in [0.25, 0.3) is 0 Å². The molecule has 0 aromatic heterocycles. The molecule has 0 radical (unpaired) electrons. The lowest BCUT2D eigenvalue weighted by atomic mass is 10.1. The molecule has 1 aromatic rings. The van der Waals surface area contributed by atoms with E-state index in [0.717, 1.165) is 19.5 Å². The molecule has 0 atom stereocenters. The SMILES string of the molecule is CNCC1(CNCCc2ccccc2C)CC1. The van der Waals surface area contributed by atoms with Gasteiger partial charge in [0, 0.05) is 13.1 Å². The van der Waals surface area contributed by atoms with Gasteiger partial charge in [-0.05, 0) is 56.3 Å². The summed E-state index contributed by atoms with van der Waals surface area (Å²) < 4.78 is 0. The van der Waals surface area contributed by atoms with E-state index in [1.165, 1.54) is 30.5 Å². The first-order chi connectivity index (χ1) is 8.26. The first kappa shape index (κ1) is 12.6. The molecule has 94 valence electrons. The van der Waals surface area contributed by atoms with Crippen LogP contribution in [0, 0.1) is 12.3 Å². The molecule has 1 saturated carbocycles. The topological polar surface area (TPSA) is 24.1 Å². The highest BCUT2D eigenvalue weighted by Gasteiger charge is 2.41. The molecule has 1 aromatic carbocycles. The van der Waals surface area contributed by atoms with Crippen LogP contribution in [-0.4, -0.2) is 26.7 Å². The lowest BCUT2D eigenvalue weighted by Crippen LogP contribution is -2.32. The number of hydrogen-bond acceptors (Lipinski definition) is 2. The lowest BCUT2D eigenvalue weighted by Gasteiger charge is -2.15. The zero-order valence-corrected chi connectivity index (χ0v) is 11.1.